The van der Waals surface area contributed by atoms with E-state index in [2.05, 4.69) is 10.6 Å². The molecule has 0 saturated carbocycles. The van der Waals surface area contributed by atoms with Crippen molar-refractivity contribution in [1.29, 1.82) is 0 Å². The molecule has 0 radical (unpaired) electrons. The van der Waals surface area contributed by atoms with Crippen LogP contribution in [-0.2, 0) is 20.8 Å². The second-order valence-corrected chi connectivity index (χ2v) is 8.22. The Morgan fingerprint density at radius 2 is 1.77 bits per heavy atom. The number of amides is 3. The molecule has 2 atom stereocenters. The minimum Gasteiger partial charge on any atom is -0.481 e. The van der Waals surface area contributed by atoms with Gasteiger partial charge in [-0.15, -0.1) is 0 Å². The summed E-state index contributed by atoms with van der Waals surface area (Å²) < 4.78 is 5.60. The molecule has 0 aliphatic rings. The summed E-state index contributed by atoms with van der Waals surface area (Å²) in [6.07, 6.45) is 3.78. The number of hydroxylamine groups is 2. The molecule has 10 nitrogen and oxygen atoms in total. The van der Waals surface area contributed by atoms with Gasteiger partial charge in [-0.1, -0.05) is 57.4 Å². The number of rotatable bonds is 15. The molecule has 0 fully saturated rings. The van der Waals surface area contributed by atoms with Crippen molar-refractivity contribution < 1.29 is 33.9 Å². The van der Waals surface area contributed by atoms with E-state index in [9.17, 15) is 24.4 Å². The van der Waals surface area contributed by atoms with E-state index in [1.165, 1.54) is 6.07 Å². The van der Waals surface area contributed by atoms with Crippen LogP contribution in [0.15, 0.2) is 40.8 Å². The van der Waals surface area contributed by atoms with Crippen LogP contribution < -0.4 is 10.6 Å². The zero-order valence-corrected chi connectivity index (χ0v) is 20.0. The highest BCUT2D eigenvalue weighted by atomic mass is 16.5. The Kier molecular flexibility index (Phi) is 11.0. The molecular formula is C25H33N3O7. The van der Waals surface area contributed by atoms with E-state index in [0.29, 0.717) is 41.2 Å². The first-order chi connectivity index (χ1) is 16.8. The van der Waals surface area contributed by atoms with Crippen LogP contribution in [0.5, 0.6) is 0 Å². The van der Waals surface area contributed by atoms with Crippen LogP contribution in [0.2, 0.25) is 0 Å². The Balaban J connectivity index is 1.95. The third-order valence-corrected chi connectivity index (χ3v) is 5.72. The van der Waals surface area contributed by atoms with Crippen LogP contribution in [0, 0.1) is 5.92 Å². The molecule has 2 rings (SSSR count). The molecule has 4 N–H and O–H groups in total. The molecule has 35 heavy (non-hydrogen) atoms. The van der Waals surface area contributed by atoms with Gasteiger partial charge in [0.1, 0.15) is 5.76 Å². The zero-order valence-electron chi connectivity index (χ0n) is 20.0. The molecule has 1 aromatic carbocycles. The minimum atomic E-state index is -0.920. The number of carboxylic acids is 1. The zero-order chi connectivity index (χ0) is 25.8. The Morgan fingerprint density at radius 1 is 1.06 bits per heavy atom. The first-order valence-electron chi connectivity index (χ1n) is 11.7. The molecule has 2 aromatic rings. The smallest absolute Gasteiger partial charge is 0.307 e. The molecule has 3 amide bonds. The summed E-state index contributed by atoms with van der Waals surface area (Å²) in [5.41, 5.74) is 1.34. The lowest BCUT2D eigenvalue weighted by molar-refractivity contribution is -0.168. The van der Waals surface area contributed by atoms with Crippen molar-refractivity contribution in [3.05, 3.63) is 47.7 Å². The fourth-order valence-electron chi connectivity index (χ4n) is 3.85. The van der Waals surface area contributed by atoms with E-state index in [1.807, 2.05) is 6.92 Å². The number of benzene rings is 1. The third kappa shape index (κ3) is 8.25. The lowest BCUT2D eigenvalue weighted by atomic mass is 9.90. The van der Waals surface area contributed by atoms with Gasteiger partial charge in [0, 0.05) is 5.56 Å². The summed E-state index contributed by atoms with van der Waals surface area (Å²) in [4.78, 5) is 47.1. The van der Waals surface area contributed by atoms with Gasteiger partial charge >= 0.3 is 5.97 Å². The van der Waals surface area contributed by atoms with Gasteiger partial charge in [-0.05, 0) is 30.5 Å². The maximum Gasteiger partial charge on any atom is 0.307 e. The molecule has 0 spiro atoms. The Labute approximate surface area is 204 Å². The molecule has 0 saturated heterocycles. The van der Waals surface area contributed by atoms with Crippen LogP contribution in [0.4, 0.5) is 0 Å². The SMILES string of the molecule is CCCCCC(C(=O)NCNC(=O)c1ccc(-c2ccc(CC(=O)O)cc2)o1)[C@@H](CC)N(O)C=O. The van der Waals surface area contributed by atoms with Crippen molar-refractivity contribution in [1.82, 2.24) is 15.7 Å². The average Bonchev–Trinajstić information content (AvgIpc) is 3.34. The Bertz CT molecular complexity index is 987. The van der Waals surface area contributed by atoms with Gasteiger partial charge in [0.2, 0.25) is 12.3 Å². The number of hydrogen-bond donors (Lipinski definition) is 4. The average molecular weight is 488 g/mol. The lowest BCUT2D eigenvalue weighted by Crippen LogP contribution is -2.47. The molecule has 10 heteroatoms. The number of nitrogens with zero attached hydrogens (tertiary/aromatic N) is 1. The second-order valence-electron chi connectivity index (χ2n) is 8.22. The summed E-state index contributed by atoms with van der Waals surface area (Å²) in [7, 11) is 0. The van der Waals surface area contributed by atoms with E-state index in [1.54, 1.807) is 37.3 Å². The minimum absolute atomic E-state index is 0.0530. The summed E-state index contributed by atoms with van der Waals surface area (Å²) in [5.74, 6) is -1.92. The quantitative estimate of drug-likeness (QED) is 0.0991. The van der Waals surface area contributed by atoms with Gasteiger partial charge in [0.25, 0.3) is 5.91 Å². The van der Waals surface area contributed by atoms with Gasteiger partial charge in [-0.25, -0.2) is 5.06 Å². The molecule has 1 aromatic heterocycles. The molecule has 1 heterocycles. The maximum absolute atomic E-state index is 12.8. The Morgan fingerprint density at radius 3 is 2.37 bits per heavy atom. The van der Waals surface area contributed by atoms with E-state index >= 15 is 0 Å². The predicted molar refractivity (Wildman–Crippen MR) is 127 cm³/mol. The number of nitrogens with one attached hydrogen (secondary N) is 2. The highest BCUT2D eigenvalue weighted by Gasteiger charge is 2.30. The van der Waals surface area contributed by atoms with Crippen molar-refractivity contribution in [2.75, 3.05) is 6.67 Å². The third-order valence-electron chi connectivity index (χ3n) is 5.72. The van der Waals surface area contributed by atoms with Crippen molar-refractivity contribution in [2.45, 2.75) is 58.4 Å². The second kappa shape index (κ2) is 13.9. The van der Waals surface area contributed by atoms with E-state index < -0.39 is 23.8 Å². The fraction of sp³-hybridized carbons (Fsp3) is 0.440. The van der Waals surface area contributed by atoms with E-state index in [-0.39, 0.29) is 24.8 Å². The van der Waals surface area contributed by atoms with Crippen molar-refractivity contribution >= 4 is 24.2 Å². The molecule has 1 unspecified atom stereocenters. The van der Waals surface area contributed by atoms with Crippen LogP contribution in [0.1, 0.15) is 62.1 Å². The number of carboxylic acid groups (broad SMARTS) is 1. The van der Waals surface area contributed by atoms with Crippen molar-refractivity contribution in [2.24, 2.45) is 5.92 Å². The monoisotopic (exact) mass is 487 g/mol. The molecule has 0 bridgehead atoms. The first kappa shape index (κ1) is 27.6. The number of carbonyl (C=O) groups is 4. The standard InChI is InChI=1S/C25H33N3O7/c1-3-5-6-7-19(20(4-2)28(34)16-29)24(32)26-15-27-25(33)22-13-12-21(35-22)18-10-8-17(9-11-18)14-23(30)31/h8-13,16,19-20,34H,3-7,14-15H2,1-2H3,(H,26,32)(H,27,33)(H,30,31)/t19?,20-/m1/s1. The Hall–Kier alpha value is -3.66. The predicted octanol–water partition coefficient (Wildman–Crippen LogP) is 3.20. The topological polar surface area (TPSA) is 149 Å². The van der Waals surface area contributed by atoms with Crippen LogP contribution in [0.25, 0.3) is 11.3 Å². The molecule has 0 aliphatic carbocycles. The molecule has 0 aliphatic heterocycles. The highest BCUT2D eigenvalue weighted by molar-refractivity contribution is 5.92. The van der Waals surface area contributed by atoms with Crippen molar-refractivity contribution in [3.63, 3.8) is 0 Å². The fourth-order valence-corrected chi connectivity index (χ4v) is 3.85. The molecule has 190 valence electrons. The maximum atomic E-state index is 12.8. The number of carbonyl (C=O) groups excluding carboxylic acids is 3. The summed E-state index contributed by atoms with van der Waals surface area (Å²) in [6.45, 7) is 3.68. The number of unbranched alkanes of at least 4 members (excludes halogenated alkanes) is 2. The van der Waals surface area contributed by atoms with Crippen LogP contribution in [0.3, 0.4) is 0 Å². The summed E-state index contributed by atoms with van der Waals surface area (Å²) in [5, 5.41) is 24.5. The van der Waals surface area contributed by atoms with Gasteiger partial charge < -0.3 is 20.2 Å². The summed E-state index contributed by atoms with van der Waals surface area (Å²) >= 11 is 0. The normalized spacial score (nSPS) is 12.4. The largest absolute Gasteiger partial charge is 0.481 e. The van der Waals surface area contributed by atoms with Crippen LogP contribution >= 0.6 is 0 Å². The number of aliphatic carboxylic acids is 1. The van der Waals surface area contributed by atoms with Gasteiger partial charge in [-0.3, -0.25) is 24.4 Å². The lowest BCUT2D eigenvalue weighted by Gasteiger charge is -2.29. The van der Waals surface area contributed by atoms with Gasteiger partial charge in [0.05, 0.1) is 25.0 Å². The van der Waals surface area contributed by atoms with Crippen LogP contribution in [-0.4, -0.2) is 52.3 Å². The van der Waals surface area contributed by atoms with Crippen molar-refractivity contribution in [3.8, 4) is 11.3 Å². The molecular weight excluding hydrogens is 454 g/mol. The van der Waals surface area contributed by atoms with Gasteiger partial charge in [0.15, 0.2) is 5.76 Å². The van der Waals surface area contributed by atoms with Gasteiger partial charge in [-0.2, -0.15) is 0 Å². The number of furan rings is 1. The highest BCUT2D eigenvalue weighted by Crippen LogP contribution is 2.23. The van der Waals surface area contributed by atoms with E-state index in [4.69, 9.17) is 9.52 Å². The number of hydrogen-bond acceptors (Lipinski definition) is 6. The first-order valence-corrected chi connectivity index (χ1v) is 11.7. The van der Waals surface area contributed by atoms with E-state index in [0.717, 1.165) is 19.3 Å². The summed E-state index contributed by atoms with van der Waals surface area (Å²) in [6, 6.07) is 9.27.